The summed E-state index contributed by atoms with van der Waals surface area (Å²) in [4.78, 5) is 1.37. The normalized spacial score (nSPS) is 13.2. The molecule has 1 unspecified atom stereocenters. The molecule has 102 valence electrons. The van der Waals surface area contributed by atoms with Crippen molar-refractivity contribution < 1.29 is 8.42 Å². The Kier molecular flexibility index (Phi) is 4.18. The van der Waals surface area contributed by atoms with Gasteiger partial charge in [0.1, 0.15) is 0 Å². The highest BCUT2D eigenvalue weighted by Crippen LogP contribution is 2.30. The van der Waals surface area contributed by atoms with Gasteiger partial charge in [-0.2, -0.15) is 0 Å². The summed E-state index contributed by atoms with van der Waals surface area (Å²) in [7, 11) is -3.24. The van der Waals surface area contributed by atoms with E-state index < -0.39 is 9.84 Å². The predicted octanol–water partition coefficient (Wildman–Crippen LogP) is 3.98. The number of thiophene rings is 1. The van der Waals surface area contributed by atoms with Crippen molar-refractivity contribution in [2.75, 3.05) is 11.6 Å². The molecule has 0 radical (unpaired) electrons. The number of benzene rings is 1. The molecule has 1 aromatic heterocycles. The second kappa shape index (κ2) is 5.53. The van der Waals surface area contributed by atoms with Gasteiger partial charge in [-0.15, -0.1) is 11.3 Å². The average Bonchev–Trinajstić information content (AvgIpc) is 2.75. The number of nitrogens with one attached hydrogen (secondary N) is 1. The van der Waals surface area contributed by atoms with Gasteiger partial charge in [0, 0.05) is 11.1 Å². The van der Waals surface area contributed by atoms with E-state index in [-0.39, 0.29) is 6.04 Å². The summed E-state index contributed by atoms with van der Waals surface area (Å²) in [6, 6.07) is 10.7. The van der Waals surface area contributed by atoms with Crippen molar-refractivity contribution in [3.8, 4) is 0 Å². The summed E-state index contributed by atoms with van der Waals surface area (Å²) in [5.41, 5.74) is 0.613. The van der Waals surface area contributed by atoms with Gasteiger partial charge in [-0.1, -0.05) is 23.7 Å². The van der Waals surface area contributed by atoms with Crippen LogP contribution in [0.3, 0.4) is 0 Å². The summed E-state index contributed by atoms with van der Waals surface area (Å²) in [5, 5.41) is 3.22. The maximum atomic E-state index is 11.7. The van der Waals surface area contributed by atoms with Crippen molar-refractivity contribution in [2.45, 2.75) is 17.9 Å². The van der Waals surface area contributed by atoms with Gasteiger partial charge in [-0.25, -0.2) is 8.42 Å². The summed E-state index contributed by atoms with van der Waals surface area (Å²) in [6.07, 6.45) is 1.21. The zero-order chi connectivity index (χ0) is 14.0. The first-order chi connectivity index (χ1) is 8.88. The van der Waals surface area contributed by atoms with Crippen LogP contribution < -0.4 is 5.32 Å². The zero-order valence-electron chi connectivity index (χ0n) is 10.6. The van der Waals surface area contributed by atoms with Crippen LogP contribution in [0.25, 0.3) is 0 Å². The molecular formula is C13H14ClNO2S2. The third-order valence-corrected chi connectivity index (χ3v) is 5.25. The van der Waals surface area contributed by atoms with Crippen molar-refractivity contribution in [1.82, 2.24) is 0 Å². The molecule has 0 saturated carbocycles. The van der Waals surface area contributed by atoms with Crippen molar-refractivity contribution in [3.05, 3.63) is 45.6 Å². The fourth-order valence-electron chi connectivity index (χ4n) is 1.77. The number of hydrogen-bond acceptors (Lipinski definition) is 4. The Balaban J connectivity index is 2.29. The van der Waals surface area contributed by atoms with Crippen LogP contribution in [-0.2, 0) is 9.84 Å². The third-order valence-electron chi connectivity index (χ3n) is 2.68. The van der Waals surface area contributed by atoms with Crippen LogP contribution in [0.4, 0.5) is 5.69 Å². The quantitative estimate of drug-likeness (QED) is 0.928. The van der Waals surface area contributed by atoms with Crippen LogP contribution in [0.2, 0.25) is 4.34 Å². The first-order valence-corrected chi connectivity index (χ1v) is 8.77. The molecule has 0 aliphatic rings. The molecule has 19 heavy (non-hydrogen) atoms. The van der Waals surface area contributed by atoms with Gasteiger partial charge in [0.15, 0.2) is 9.84 Å². The highest BCUT2D eigenvalue weighted by Gasteiger charge is 2.15. The van der Waals surface area contributed by atoms with E-state index in [1.165, 1.54) is 17.6 Å². The lowest BCUT2D eigenvalue weighted by Crippen LogP contribution is -2.09. The largest absolute Gasteiger partial charge is 0.377 e. The Morgan fingerprint density at radius 3 is 2.47 bits per heavy atom. The second-order valence-corrected chi connectivity index (χ2v) is 8.01. The lowest BCUT2D eigenvalue weighted by Gasteiger charge is -2.16. The maximum absolute atomic E-state index is 11.7. The van der Waals surface area contributed by atoms with Crippen LogP contribution in [0, 0.1) is 0 Å². The first-order valence-electron chi connectivity index (χ1n) is 5.69. The smallest absolute Gasteiger partial charge is 0.177 e. The van der Waals surface area contributed by atoms with E-state index in [1.54, 1.807) is 18.2 Å². The highest BCUT2D eigenvalue weighted by molar-refractivity contribution is 7.90. The van der Waals surface area contributed by atoms with Gasteiger partial charge in [-0.3, -0.25) is 0 Å². The standard InChI is InChI=1S/C13H14ClNO2S2/c1-9(11-7-8-13(14)18-11)15-10-5-3-4-6-12(10)19(2,16)17/h3-9,15H,1-2H3. The van der Waals surface area contributed by atoms with Gasteiger partial charge >= 0.3 is 0 Å². The van der Waals surface area contributed by atoms with Crippen LogP contribution in [0.15, 0.2) is 41.3 Å². The fourth-order valence-corrected chi connectivity index (χ4v) is 3.69. The lowest BCUT2D eigenvalue weighted by molar-refractivity contribution is 0.602. The number of sulfone groups is 1. The van der Waals surface area contributed by atoms with E-state index in [0.29, 0.717) is 10.6 Å². The molecule has 1 atom stereocenters. The molecule has 1 heterocycles. The van der Waals surface area contributed by atoms with Crippen molar-refractivity contribution in [1.29, 1.82) is 0 Å². The molecule has 2 rings (SSSR count). The molecule has 0 aliphatic carbocycles. The van der Waals surface area contributed by atoms with E-state index in [9.17, 15) is 8.42 Å². The molecule has 1 N–H and O–H groups in total. The zero-order valence-corrected chi connectivity index (χ0v) is 12.9. The predicted molar refractivity (Wildman–Crippen MR) is 80.9 cm³/mol. The van der Waals surface area contributed by atoms with Crippen molar-refractivity contribution >= 4 is 38.5 Å². The number of rotatable bonds is 4. The Morgan fingerprint density at radius 1 is 1.21 bits per heavy atom. The van der Waals surface area contributed by atoms with E-state index >= 15 is 0 Å². The van der Waals surface area contributed by atoms with Gasteiger partial charge in [0.25, 0.3) is 0 Å². The summed E-state index contributed by atoms with van der Waals surface area (Å²) in [5.74, 6) is 0. The van der Waals surface area contributed by atoms with Gasteiger partial charge in [-0.05, 0) is 31.2 Å². The SMILES string of the molecule is CC(Nc1ccccc1S(C)(=O)=O)c1ccc(Cl)s1. The Morgan fingerprint density at radius 2 is 1.89 bits per heavy atom. The molecule has 0 bridgehead atoms. The van der Waals surface area contributed by atoms with E-state index in [0.717, 1.165) is 9.21 Å². The van der Waals surface area contributed by atoms with Crippen LogP contribution >= 0.6 is 22.9 Å². The number of para-hydroxylation sites is 1. The lowest BCUT2D eigenvalue weighted by atomic mass is 10.2. The van der Waals surface area contributed by atoms with E-state index in [4.69, 9.17) is 11.6 Å². The Labute approximate surface area is 122 Å². The molecule has 0 fully saturated rings. The molecule has 0 spiro atoms. The third kappa shape index (κ3) is 3.49. The summed E-state index contributed by atoms with van der Waals surface area (Å²) in [6.45, 7) is 1.97. The first kappa shape index (κ1) is 14.4. The molecule has 3 nitrogen and oxygen atoms in total. The number of hydrogen-bond donors (Lipinski definition) is 1. The van der Waals surface area contributed by atoms with Crippen LogP contribution in [0.1, 0.15) is 17.8 Å². The maximum Gasteiger partial charge on any atom is 0.177 e. The van der Waals surface area contributed by atoms with Gasteiger partial charge in [0.2, 0.25) is 0 Å². The highest BCUT2D eigenvalue weighted by atomic mass is 35.5. The van der Waals surface area contributed by atoms with Gasteiger partial charge < -0.3 is 5.32 Å². The summed E-state index contributed by atoms with van der Waals surface area (Å²) >= 11 is 7.39. The second-order valence-electron chi connectivity index (χ2n) is 4.28. The molecule has 6 heteroatoms. The van der Waals surface area contributed by atoms with Crippen molar-refractivity contribution in [2.24, 2.45) is 0 Å². The summed E-state index contributed by atoms with van der Waals surface area (Å²) < 4.78 is 24.2. The fraction of sp³-hybridized carbons (Fsp3) is 0.231. The molecule has 0 amide bonds. The number of halogens is 1. The monoisotopic (exact) mass is 315 g/mol. The van der Waals surface area contributed by atoms with E-state index in [2.05, 4.69) is 5.32 Å². The van der Waals surface area contributed by atoms with E-state index in [1.807, 2.05) is 25.1 Å². The molecule has 2 aromatic rings. The Bertz CT molecular complexity index is 679. The Hall–Kier alpha value is -1.04. The van der Waals surface area contributed by atoms with Crippen molar-refractivity contribution in [3.63, 3.8) is 0 Å². The minimum Gasteiger partial charge on any atom is -0.377 e. The molecular weight excluding hydrogens is 302 g/mol. The average molecular weight is 316 g/mol. The number of anilines is 1. The minimum atomic E-state index is -3.24. The molecule has 1 aromatic carbocycles. The van der Waals surface area contributed by atoms with Crippen LogP contribution in [0.5, 0.6) is 0 Å². The topological polar surface area (TPSA) is 46.2 Å². The molecule has 0 aliphatic heterocycles. The minimum absolute atomic E-state index is 0.000370. The van der Waals surface area contributed by atoms with Crippen LogP contribution in [-0.4, -0.2) is 14.7 Å². The van der Waals surface area contributed by atoms with Gasteiger partial charge in [0.05, 0.1) is 21.0 Å². The molecule has 0 saturated heterocycles.